The van der Waals surface area contributed by atoms with Crippen LogP contribution in [0.15, 0.2) is 24.3 Å². The summed E-state index contributed by atoms with van der Waals surface area (Å²) in [7, 11) is 0. The minimum absolute atomic E-state index is 0.0512. The van der Waals surface area contributed by atoms with Crippen molar-refractivity contribution >= 4 is 11.9 Å². The van der Waals surface area contributed by atoms with E-state index in [1.54, 1.807) is 17.0 Å². The van der Waals surface area contributed by atoms with E-state index in [1.165, 1.54) is 12.1 Å². The van der Waals surface area contributed by atoms with Crippen LogP contribution in [0, 0.1) is 17.7 Å². The van der Waals surface area contributed by atoms with E-state index in [0.717, 1.165) is 18.4 Å². The maximum atomic E-state index is 12.9. The lowest BCUT2D eigenvalue weighted by molar-refractivity contribution is -0.146. The van der Waals surface area contributed by atoms with Crippen molar-refractivity contribution in [1.29, 1.82) is 0 Å². The van der Waals surface area contributed by atoms with Gasteiger partial charge in [0, 0.05) is 19.0 Å². The second-order valence-corrected chi connectivity index (χ2v) is 5.96. The summed E-state index contributed by atoms with van der Waals surface area (Å²) in [5.41, 5.74) is 0.988. The van der Waals surface area contributed by atoms with E-state index in [-0.39, 0.29) is 23.6 Å². The van der Waals surface area contributed by atoms with Crippen molar-refractivity contribution in [2.75, 3.05) is 13.1 Å². The molecule has 5 heteroatoms. The van der Waals surface area contributed by atoms with E-state index in [4.69, 9.17) is 5.11 Å². The molecule has 1 aromatic rings. The summed E-state index contributed by atoms with van der Waals surface area (Å²) in [6, 6.07) is 6.28. The van der Waals surface area contributed by atoms with Gasteiger partial charge in [0.25, 0.3) is 0 Å². The third-order valence-corrected chi connectivity index (χ3v) is 4.49. The molecule has 2 fully saturated rings. The number of piperidine rings is 1. The molecule has 1 N–H and O–H groups in total. The molecule has 1 saturated carbocycles. The van der Waals surface area contributed by atoms with Crippen LogP contribution in [-0.2, 0) is 9.59 Å². The number of benzene rings is 1. The fraction of sp³-hybridized carbons (Fsp3) is 0.500. The van der Waals surface area contributed by atoms with Gasteiger partial charge >= 0.3 is 5.97 Å². The van der Waals surface area contributed by atoms with Gasteiger partial charge in [-0.3, -0.25) is 9.59 Å². The molecule has 2 aliphatic rings. The van der Waals surface area contributed by atoms with Crippen LogP contribution in [0.2, 0.25) is 0 Å². The summed E-state index contributed by atoms with van der Waals surface area (Å²) in [6.45, 7) is 0.968. The van der Waals surface area contributed by atoms with E-state index in [9.17, 15) is 14.0 Å². The van der Waals surface area contributed by atoms with E-state index in [2.05, 4.69) is 0 Å². The highest BCUT2D eigenvalue weighted by Gasteiger charge is 2.46. The van der Waals surface area contributed by atoms with Crippen LogP contribution in [0.3, 0.4) is 0 Å². The van der Waals surface area contributed by atoms with Crippen molar-refractivity contribution in [1.82, 2.24) is 4.90 Å². The fourth-order valence-corrected chi connectivity index (χ4v) is 3.16. The highest BCUT2D eigenvalue weighted by Crippen LogP contribution is 2.48. The lowest BCUT2D eigenvalue weighted by Crippen LogP contribution is -2.43. The van der Waals surface area contributed by atoms with E-state index < -0.39 is 11.9 Å². The molecule has 3 atom stereocenters. The Labute approximate surface area is 122 Å². The van der Waals surface area contributed by atoms with Crippen LogP contribution in [-0.4, -0.2) is 35.0 Å². The van der Waals surface area contributed by atoms with Crippen molar-refractivity contribution < 1.29 is 19.1 Å². The Balaban J connectivity index is 1.62. The minimum atomic E-state index is -0.821. The maximum absolute atomic E-state index is 12.9. The first-order chi connectivity index (χ1) is 10.1. The molecule has 1 aromatic carbocycles. The zero-order valence-corrected chi connectivity index (χ0v) is 11.7. The Bertz CT molecular complexity index is 557. The number of amides is 1. The zero-order valence-electron chi connectivity index (χ0n) is 11.7. The topological polar surface area (TPSA) is 57.6 Å². The first-order valence-electron chi connectivity index (χ1n) is 7.33. The van der Waals surface area contributed by atoms with Crippen LogP contribution < -0.4 is 0 Å². The molecule has 0 aromatic heterocycles. The number of halogens is 1. The molecule has 0 radical (unpaired) electrons. The van der Waals surface area contributed by atoms with Gasteiger partial charge in [0.15, 0.2) is 0 Å². The Morgan fingerprint density at radius 1 is 1.24 bits per heavy atom. The van der Waals surface area contributed by atoms with Crippen LogP contribution in [0.4, 0.5) is 4.39 Å². The van der Waals surface area contributed by atoms with Crippen LogP contribution >= 0.6 is 0 Å². The molecule has 3 rings (SSSR count). The third-order valence-electron chi connectivity index (χ3n) is 4.49. The summed E-state index contributed by atoms with van der Waals surface area (Å²) < 4.78 is 12.9. The Morgan fingerprint density at radius 2 is 1.95 bits per heavy atom. The van der Waals surface area contributed by atoms with Crippen LogP contribution in [0.5, 0.6) is 0 Å². The summed E-state index contributed by atoms with van der Waals surface area (Å²) in [5.74, 6) is -1.40. The van der Waals surface area contributed by atoms with Gasteiger partial charge in [0.1, 0.15) is 5.82 Å². The molecule has 1 aliphatic carbocycles. The molecule has 1 amide bonds. The van der Waals surface area contributed by atoms with Gasteiger partial charge in [0.2, 0.25) is 5.91 Å². The highest BCUT2D eigenvalue weighted by atomic mass is 19.1. The molecule has 112 valence electrons. The summed E-state index contributed by atoms with van der Waals surface area (Å²) in [6.07, 6.45) is 2.17. The second kappa shape index (κ2) is 5.47. The maximum Gasteiger partial charge on any atom is 0.308 e. The number of carboxylic acid groups (broad SMARTS) is 1. The van der Waals surface area contributed by atoms with Crippen LogP contribution in [0.25, 0.3) is 0 Å². The molecule has 0 bridgehead atoms. The minimum Gasteiger partial charge on any atom is -0.481 e. The van der Waals surface area contributed by atoms with E-state index in [1.807, 2.05) is 0 Å². The molecule has 4 nitrogen and oxygen atoms in total. The normalized spacial score (nSPS) is 28.2. The van der Waals surface area contributed by atoms with Crippen molar-refractivity contribution in [2.24, 2.45) is 11.8 Å². The lowest BCUT2D eigenvalue weighted by atomic mass is 9.97. The van der Waals surface area contributed by atoms with Crippen LogP contribution in [0.1, 0.15) is 30.7 Å². The predicted molar refractivity (Wildman–Crippen MR) is 74.2 cm³/mol. The molecular formula is C16H18FNO3. The summed E-state index contributed by atoms with van der Waals surface area (Å²) in [4.78, 5) is 25.2. The monoisotopic (exact) mass is 291 g/mol. The standard InChI is InChI=1S/C16H18FNO3/c17-12-5-3-10(4-6-12)13-8-14(13)15(19)18-7-1-2-11(9-18)16(20)21/h3-6,11,13-14H,1-2,7-9H2,(H,20,21)/t11-,13?,14?/m0/s1. The Morgan fingerprint density at radius 3 is 2.62 bits per heavy atom. The zero-order chi connectivity index (χ0) is 15.0. The third kappa shape index (κ3) is 2.91. The number of carbonyl (C=O) groups excluding carboxylic acids is 1. The number of carboxylic acids is 1. The molecular weight excluding hydrogens is 273 g/mol. The van der Waals surface area contributed by atoms with Gasteiger partial charge < -0.3 is 10.0 Å². The first kappa shape index (κ1) is 14.0. The number of hydrogen-bond donors (Lipinski definition) is 1. The molecule has 21 heavy (non-hydrogen) atoms. The van der Waals surface area contributed by atoms with E-state index >= 15 is 0 Å². The predicted octanol–water partition coefficient (Wildman–Crippen LogP) is 2.25. The van der Waals surface area contributed by atoms with Gasteiger partial charge in [0.05, 0.1) is 5.92 Å². The molecule has 1 heterocycles. The van der Waals surface area contributed by atoms with E-state index in [0.29, 0.717) is 19.5 Å². The molecule has 0 spiro atoms. The van der Waals surface area contributed by atoms with Crippen molar-refractivity contribution in [3.8, 4) is 0 Å². The Hall–Kier alpha value is -1.91. The lowest BCUT2D eigenvalue weighted by Gasteiger charge is -2.31. The SMILES string of the molecule is O=C(O)[C@H]1CCCN(C(=O)C2CC2c2ccc(F)cc2)C1. The fourth-order valence-electron chi connectivity index (χ4n) is 3.16. The van der Waals surface area contributed by atoms with Crippen molar-refractivity contribution in [2.45, 2.75) is 25.2 Å². The van der Waals surface area contributed by atoms with Gasteiger partial charge in [-0.15, -0.1) is 0 Å². The number of carbonyl (C=O) groups is 2. The number of nitrogens with zero attached hydrogens (tertiary/aromatic N) is 1. The number of rotatable bonds is 3. The average Bonchev–Trinajstić information content (AvgIpc) is 3.28. The highest BCUT2D eigenvalue weighted by molar-refractivity contribution is 5.84. The largest absolute Gasteiger partial charge is 0.481 e. The second-order valence-electron chi connectivity index (χ2n) is 5.96. The number of likely N-dealkylation sites (tertiary alicyclic amines) is 1. The molecule has 2 unspecified atom stereocenters. The quantitative estimate of drug-likeness (QED) is 0.929. The number of aliphatic carboxylic acids is 1. The number of hydrogen-bond acceptors (Lipinski definition) is 2. The summed E-state index contributed by atoms with van der Waals surface area (Å²) in [5, 5.41) is 9.07. The molecule has 1 saturated heterocycles. The van der Waals surface area contributed by atoms with Gasteiger partial charge in [-0.25, -0.2) is 4.39 Å². The van der Waals surface area contributed by atoms with Gasteiger partial charge in [-0.1, -0.05) is 12.1 Å². The van der Waals surface area contributed by atoms with Crippen molar-refractivity contribution in [3.63, 3.8) is 0 Å². The van der Waals surface area contributed by atoms with Gasteiger partial charge in [-0.2, -0.15) is 0 Å². The average molecular weight is 291 g/mol. The first-order valence-corrected chi connectivity index (χ1v) is 7.33. The molecule has 1 aliphatic heterocycles. The van der Waals surface area contributed by atoms with Gasteiger partial charge in [-0.05, 0) is 42.9 Å². The van der Waals surface area contributed by atoms with Crippen molar-refractivity contribution in [3.05, 3.63) is 35.6 Å². The Kier molecular flexibility index (Phi) is 3.66. The summed E-state index contributed by atoms with van der Waals surface area (Å²) >= 11 is 0. The smallest absolute Gasteiger partial charge is 0.308 e.